The fourth-order valence-corrected chi connectivity index (χ4v) is 2.59. The van der Waals surface area contributed by atoms with Gasteiger partial charge in [0.15, 0.2) is 0 Å². The molecule has 104 valence electrons. The van der Waals surface area contributed by atoms with E-state index in [0.29, 0.717) is 23.1 Å². The Balaban J connectivity index is 1.62. The molecule has 0 aromatic heterocycles. The SMILES string of the molecule is O=C(O)C1CN(CCCCc2ccc(Cl)c(Cl)c2)C1. The van der Waals surface area contributed by atoms with Crippen molar-refractivity contribution < 1.29 is 9.90 Å². The van der Waals surface area contributed by atoms with E-state index in [0.717, 1.165) is 25.8 Å². The molecule has 2 rings (SSSR count). The quantitative estimate of drug-likeness (QED) is 0.819. The lowest BCUT2D eigenvalue weighted by Gasteiger charge is -2.36. The molecular weight excluding hydrogens is 285 g/mol. The minimum atomic E-state index is -0.674. The van der Waals surface area contributed by atoms with Gasteiger partial charge in [0.2, 0.25) is 0 Å². The molecule has 1 saturated heterocycles. The van der Waals surface area contributed by atoms with E-state index in [1.807, 2.05) is 18.2 Å². The van der Waals surface area contributed by atoms with Gasteiger partial charge >= 0.3 is 5.97 Å². The summed E-state index contributed by atoms with van der Waals surface area (Å²) in [5, 5.41) is 9.96. The van der Waals surface area contributed by atoms with Crippen LogP contribution in [0.5, 0.6) is 0 Å². The molecule has 1 aromatic carbocycles. The third kappa shape index (κ3) is 4.10. The highest BCUT2D eigenvalue weighted by Crippen LogP contribution is 2.23. The molecule has 1 aromatic rings. The number of unbranched alkanes of at least 4 members (excludes halogenated alkanes) is 1. The van der Waals surface area contributed by atoms with Crippen LogP contribution in [0.4, 0.5) is 0 Å². The first-order valence-corrected chi connectivity index (χ1v) is 7.21. The maximum Gasteiger partial charge on any atom is 0.309 e. The zero-order valence-corrected chi connectivity index (χ0v) is 12.1. The Morgan fingerprint density at radius 2 is 2.00 bits per heavy atom. The summed E-state index contributed by atoms with van der Waals surface area (Å²) in [6.45, 7) is 2.37. The van der Waals surface area contributed by atoms with E-state index in [2.05, 4.69) is 4.90 Å². The number of hydrogen-bond donors (Lipinski definition) is 1. The molecular formula is C14H17Cl2NO2. The summed E-state index contributed by atoms with van der Waals surface area (Å²) in [6.07, 6.45) is 3.13. The molecule has 0 saturated carbocycles. The molecule has 0 aliphatic carbocycles. The number of rotatable bonds is 6. The van der Waals surface area contributed by atoms with E-state index in [-0.39, 0.29) is 5.92 Å². The number of likely N-dealkylation sites (tertiary alicyclic amines) is 1. The number of carboxylic acid groups (broad SMARTS) is 1. The summed E-state index contributed by atoms with van der Waals surface area (Å²) in [4.78, 5) is 12.8. The number of aliphatic carboxylic acids is 1. The summed E-state index contributed by atoms with van der Waals surface area (Å²) in [5.41, 5.74) is 1.20. The minimum absolute atomic E-state index is 0.157. The van der Waals surface area contributed by atoms with Crippen molar-refractivity contribution in [2.75, 3.05) is 19.6 Å². The summed E-state index contributed by atoms with van der Waals surface area (Å²) < 4.78 is 0. The van der Waals surface area contributed by atoms with Gasteiger partial charge in [0.1, 0.15) is 0 Å². The third-order valence-electron chi connectivity index (χ3n) is 3.48. The second-order valence-electron chi connectivity index (χ2n) is 5.00. The van der Waals surface area contributed by atoms with Crippen molar-refractivity contribution in [3.63, 3.8) is 0 Å². The lowest BCUT2D eigenvalue weighted by Crippen LogP contribution is -2.50. The second kappa shape index (κ2) is 6.60. The van der Waals surface area contributed by atoms with Crippen molar-refractivity contribution in [1.82, 2.24) is 4.90 Å². The molecule has 1 heterocycles. The molecule has 1 aliphatic rings. The first-order chi connectivity index (χ1) is 9.06. The molecule has 19 heavy (non-hydrogen) atoms. The standard InChI is InChI=1S/C14H17Cl2NO2/c15-12-5-4-10(7-13(12)16)3-1-2-6-17-8-11(9-17)14(18)19/h4-5,7,11H,1-3,6,8-9H2,(H,18,19). The topological polar surface area (TPSA) is 40.5 Å². The predicted octanol–water partition coefficient (Wildman–Crippen LogP) is 3.33. The van der Waals surface area contributed by atoms with Crippen molar-refractivity contribution in [3.05, 3.63) is 33.8 Å². The Morgan fingerprint density at radius 1 is 1.26 bits per heavy atom. The number of benzene rings is 1. The Bertz CT molecular complexity index is 459. The van der Waals surface area contributed by atoms with E-state index in [9.17, 15) is 4.79 Å². The molecule has 3 nitrogen and oxygen atoms in total. The molecule has 5 heteroatoms. The van der Waals surface area contributed by atoms with Crippen LogP contribution in [0.2, 0.25) is 10.0 Å². The van der Waals surface area contributed by atoms with E-state index in [1.54, 1.807) is 0 Å². The monoisotopic (exact) mass is 301 g/mol. The van der Waals surface area contributed by atoms with Gasteiger partial charge in [-0.1, -0.05) is 29.3 Å². The maximum absolute atomic E-state index is 10.7. The third-order valence-corrected chi connectivity index (χ3v) is 4.22. The van der Waals surface area contributed by atoms with Crippen LogP contribution in [0.1, 0.15) is 18.4 Å². The number of nitrogens with zero attached hydrogens (tertiary/aromatic N) is 1. The van der Waals surface area contributed by atoms with Gasteiger partial charge in [-0.05, 0) is 43.5 Å². The molecule has 0 unspecified atom stereocenters. The first kappa shape index (κ1) is 14.6. The van der Waals surface area contributed by atoms with E-state index in [1.165, 1.54) is 5.56 Å². The zero-order chi connectivity index (χ0) is 13.8. The van der Waals surface area contributed by atoms with Crippen LogP contribution >= 0.6 is 23.2 Å². The molecule has 1 N–H and O–H groups in total. The van der Waals surface area contributed by atoms with Gasteiger partial charge in [-0.25, -0.2) is 0 Å². The number of carboxylic acids is 1. The smallest absolute Gasteiger partial charge is 0.309 e. The van der Waals surface area contributed by atoms with Crippen LogP contribution < -0.4 is 0 Å². The summed E-state index contributed by atoms with van der Waals surface area (Å²) in [6, 6.07) is 5.73. The summed E-state index contributed by atoms with van der Waals surface area (Å²) >= 11 is 11.8. The largest absolute Gasteiger partial charge is 0.481 e. The van der Waals surface area contributed by atoms with Gasteiger partial charge < -0.3 is 10.0 Å². The highest BCUT2D eigenvalue weighted by molar-refractivity contribution is 6.42. The average Bonchev–Trinajstić information content (AvgIpc) is 2.30. The Kier molecular flexibility index (Phi) is 5.08. The fourth-order valence-electron chi connectivity index (χ4n) is 2.27. The molecule has 0 spiro atoms. The Hall–Kier alpha value is -0.770. The average molecular weight is 302 g/mol. The maximum atomic E-state index is 10.7. The van der Waals surface area contributed by atoms with E-state index >= 15 is 0 Å². The number of carbonyl (C=O) groups is 1. The lowest BCUT2D eigenvalue weighted by atomic mass is 10.00. The predicted molar refractivity (Wildman–Crippen MR) is 77.0 cm³/mol. The number of halogens is 2. The van der Waals surface area contributed by atoms with Crippen LogP contribution in [0.25, 0.3) is 0 Å². The van der Waals surface area contributed by atoms with Gasteiger partial charge in [0.05, 0.1) is 16.0 Å². The van der Waals surface area contributed by atoms with Crippen molar-refractivity contribution in [2.45, 2.75) is 19.3 Å². The van der Waals surface area contributed by atoms with Crippen LogP contribution in [0.15, 0.2) is 18.2 Å². The lowest BCUT2D eigenvalue weighted by molar-refractivity contribution is -0.147. The number of aryl methyl sites for hydroxylation is 1. The van der Waals surface area contributed by atoms with Gasteiger partial charge in [0, 0.05) is 13.1 Å². The van der Waals surface area contributed by atoms with Crippen molar-refractivity contribution in [2.24, 2.45) is 5.92 Å². The normalized spacial score (nSPS) is 16.3. The highest BCUT2D eigenvalue weighted by Gasteiger charge is 2.31. The molecule has 0 bridgehead atoms. The number of hydrogen-bond acceptors (Lipinski definition) is 2. The van der Waals surface area contributed by atoms with E-state index < -0.39 is 5.97 Å². The Morgan fingerprint density at radius 3 is 2.63 bits per heavy atom. The van der Waals surface area contributed by atoms with Crippen molar-refractivity contribution in [3.8, 4) is 0 Å². The molecule has 0 atom stereocenters. The molecule has 0 amide bonds. The second-order valence-corrected chi connectivity index (χ2v) is 5.81. The van der Waals surface area contributed by atoms with Crippen molar-refractivity contribution in [1.29, 1.82) is 0 Å². The van der Waals surface area contributed by atoms with Gasteiger partial charge in [-0.15, -0.1) is 0 Å². The molecule has 0 radical (unpaired) electrons. The van der Waals surface area contributed by atoms with Gasteiger partial charge in [0.25, 0.3) is 0 Å². The highest BCUT2D eigenvalue weighted by atomic mass is 35.5. The van der Waals surface area contributed by atoms with Crippen LogP contribution in [-0.2, 0) is 11.2 Å². The van der Waals surface area contributed by atoms with Crippen LogP contribution in [0, 0.1) is 5.92 Å². The summed E-state index contributed by atoms with van der Waals surface area (Å²) in [7, 11) is 0. The van der Waals surface area contributed by atoms with Crippen LogP contribution in [0.3, 0.4) is 0 Å². The van der Waals surface area contributed by atoms with Gasteiger partial charge in [-0.2, -0.15) is 0 Å². The Labute approximate surface area is 123 Å². The van der Waals surface area contributed by atoms with Gasteiger partial charge in [-0.3, -0.25) is 4.79 Å². The molecule has 1 fully saturated rings. The summed E-state index contributed by atoms with van der Waals surface area (Å²) in [5.74, 6) is -0.831. The molecule has 1 aliphatic heterocycles. The minimum Gasteiger partial charge on any atom is -0.481 e. The first-order valence-electron chi connectivity index (χ1n) is 6.45. The zero-order valence-electron chi connectivity index (χ0n) is 10.6. The fraction of sp³-hybridized carbons (Fsp3) is 0.500. The van der Waals surface area contributed by atoms with Crippen LogP contribution in [-0.4, -0.2) is 35.6 Å². The van der Waals surface area contributed by atoms with E-state index in [4.69, 9.17) is 28.3 Å². The van der Waals surface area contributed by atoms with Crippen molar-refractivity contribution >= 4 is 29.2 Å².